The molecule has 0 radical (unpaired) electrons. The van der Waals surface area contributed by atoms with Gasteiger partial charge < -0.3 is 15.3 Å². The van der Waals surface area contributed by atoms with E-state index in [4.69, 9.17) is 0 Å². The first-order chi connectivity index (χ1) is 24.5. The maximum Gasteiger partial charge on any atom is 0.306 e. The van der Waals surface area contributed by atoms with Gasteiger partial charge in [-0.25, -0.2) is 0 Å². The number of carboxylic acid groups (broad SMARTS) is 1. The molecule has 6 fully saturated rings. The third-order valence-electron chi connectivity index (χ3n) is 17.6. The van der Waals surface area contributed by atoms with Crippen LogP contribution >= 0.6 is 0 Å². The lowest BCUT2D eigenvalue weighted by molar-refractivity contribution is -0.193. The second-order valence-electron chi connectivity index (χ2n) is 20.4. The number of Topliss-reactive ketones (excluding diaryl/α,β-unsaturated/α-hetero) is 2. The number of hydrogen-bond acceptors (Lipinski definition) is 6. The predicted octanol–water partition coefficient (Wildman–Crippen LogP) is 7.55. The Hall–Kier alpha value is -1.38. The summed E-state index contributed by atoms with van der Waals surface area (Å²) < 4.78 is 11.8. The Morgan fingerprint density at radius 1 is 0.923 bits per heavy atom. The number of allylic oxidation sites excluding steroid dienone is 2. The van der Waals surface area contributed by atoms with Gasteiger partial charge in [-0.2, -0.15) is 0 Å². The molecule has 11 atom stereocenters. The molecule has 52 heavy (non-hydrogen) atoms. The van der Waals surface area contributed by atoms with E-state index in [0.29, 0.717) is 60.4 Å². The molecule has 6 aliphatic carbocycles. The number of nitrogens with one attached hydrogen (secondary N) is 1. The first kappa shape index (κ1) is 38.9. The minimum Gasteiger partial charge on any atom is -0.481 e. The van der Waals surface area contributed by atoms with Gasteiger partial charge in [-0.05, 0) is 134 Å². The molecule has 8 heteroatoms. The molecule has 11 unspecified atom stereocenters. The molecule has 0 amide bonds. The second-order valence-corrected chi connectivity index (χ2v) is 22.1. The second kappa shape index (κ2) is 14.3. The minimum atomic E-state index is -0.747. The normalized spacial score (nSPS) is 43.3. The van der Waals surface area contributed by atoms with E-state index in [-0.39, 0.29) is 45.3 Å². The van der Waals surface area contributed by atoms with Gasteiger partial charge in [0.15, 0.2) is 5.78 Å². The molecule has 1 saturated heterocycles. The van der Waals surface area contributed by atoms with Crippen LogP contribution in [0.1, 0.15) is 126 Å². The van der Waals surface area contributed by atoms with Crippen molar-refractivity contribution in [1.29, 1.82) is 0 Å². The van der Waals surface area contributed by atoms with Crippen LogP contribution in [0.25, 0.3) is 0 Å². The van der Waals surface area contributed by atoms with Crippen LogP contribution in [0.15, 0.2) is 11.1 Å². The third-order valence-corrected chi connectivity index (χ3v) is 18.9. The maximum absolute atomic E-state index is 13.9. The first-order valence-corrected chi connectivity index (χ1v) is 22.8. The summed E-state index contributed by atoms with van der Waals surface area (Å²) in [5.41, 5.74) is 3.40. The smallest absolute Gasteiger partial charge is 0.306 e. The first-order valence-electron chi connectivity index (χ1n) is 21.3. The lowest BCUT2D eigenvalue weighted by Gasteiger charge is -2.69. The zero-order valence-electron chi connectivity index (χ0n) is 33.6. The fourth-order valence-electron chi connectivity index (χ4n) is 14.7. The highest BCUT2D eigenvalue weighted by molar-refractivity contribution is 7.85. The quantitative estimate of drug-likeness (QED) is 0.211. The Morgan fingerprint density at radius 2 is 1.63 bits per heavy atom. The van der Waals surface area contributed by atoms with E-state index in [1.807, 2.05) is 6.92 Å². The van der Waals surface area contributed by atoms with Crippen LogP contribution in [0, 0.1) is 74.9 Å². The van der Waals surface area contributed by atoms with E-state index in [9.17, 15) is 23.7 Å². The molecule has 7 aliphatic rings. The van der Waals surface area contributed by atoms with Crippen molar-refractivity contribution in [2.75, 3.05) is 44.2 Å². The third kappa shape index (κ3) is 6.36. The van der Waals surface area contributed by atoms with Crippen molar-refractivity contribution in [3.05, 3.63) is 11.1 Å². The predicted molar refractivity (Wildman–Crippen MR) is 208 cm³/mol. The Labute approximate surface area is 317 Å². The van der Waals surface area contributed by atoms with Gasteiger partial charge in [-0.3, -0.25) is 18.6 Å². The van der Waals surface area contributed by atoms with E-state index in [0.717, 1.165) is 63.5 Å². The molecule has 7 rings (SSSR count). The highest BCUT2D eigenvalue weighted by atomic mass is 32.2. The highest BCUT2D eigenvalue weighted by Gasteiger charge is 2.66. The summed E-state index contributed by atoms with van der Waals surface area (Å²) in [5, 5.41) is 13.3. The molecule has 1 aliphatic heterocycles. The standard InChI is InChI=1S/C44H70N2O5S/c1-27(2)38-35(48)26-44(16-17-45-18-19-46-20-22-52(51)23-21-46)15-11-33-30(39(38)44)8-9-37-42(33,6)14-12-36-41(4,5)29(10-13-43(36,37)7)24-34(47)31-25-32(28(31)3)40(49)50/h27-33,36-37,45H,8-26H2,1-7H3,(H,49,50). The van der Waals surface area contributed by atoms with Crippen LogP contribution in [0.5, 0.6) is 0 Å². The van der Waals surface area contributed by atoms with Crippen molar-refractivity contribution in [3.8, 4) is 0 Å². The molecule has 0 bridgehead atoms. The van der Waals surface area contributed by atoms with Gasteiger partial charge in [-0.15, -0.1) is 0 Å². The van der Waals surface area contributed by atoms with Crippen LogP contribution < -0.4 is 5.32 Å². The van der Waals surface area contributed by atoms with Gasteiger partial charge in [-0.1, -0.05) is 54.0 Å². The Bertz CT molecular complexity index is 1480. The summed E-state index contributed by atoms with van der Waals surface area (Å²) in [4.78, 5) is 41.5. The largest absolute Gasteiger partial charge is 0.481 e. The van der Waals surface area contributed by atoms with Crippen molar-refractivity contribution in [1.82, 2.24) is 10.2 Å². The van der Waals surface area contributed by atoms with Crippen LogP contribution in [0.4, 0.5) is 0 Å². The van der Waals surface area contributed by atoms with Crippen molar-refractivity contribution in [3.63, 3.8) is 0 Å². The van der Waals surface area contributed by atoms with Crippen LogP contribution in [0.2, 0.25) is 0 Å². The molecule has 292 valence electrons. The van der Waals surface area contributed by atoms with Crippen molar-refractivity contribution in [2.24, 2.45) is 74.9 Å². The van der Waals surface area contributed by atoms with Crippen LogP contribution in [-0.2, 0) is 25.2 Å². The zero-order valence-corrected chi connectivity index (χ0v) is 34.4. The van der Waals surface area contributed by atoms with E-state index in [2.05, 4.69) is 51.8 Å². The number of hydrogen-bond donors (Lipinski definition) is 2. The van der Waals surface area contributed by atoms with E-state index in [1.165, 1.54) is 44.1 Å². The van der Waals surface area contributed by atoms with Gasteiger partial charge in [0.2, 0.25) is 0 Å². The van der Waals surface area contributed by atoms with Crippen LogP contribution in [0.3, 0.4) is 0 Å². The molecule has 0 aromatic carbocycles. The number of rotatable bonds is 11. The van der Waals surface area contributed by atoms with Gasteiger partial charge >= 0.3 is 5.97 Å². The minimum absolute atomic E-state index is 0.0200. The highest BCUT2D eigenvalue weighted by Crippen LogP contribution is 2.74. The fourth-order valence-corrected chi connectivity index (χ4v) is 15.8. The van der Waals surface area contributed by atoms with Gasteiger partial charge in [0.1, 0.15) is 5.78 Å². The number of carbonyl (C=O) groups is 3. The summed E-state index contributed by atoms with van der Waals surface area (Å²) in [6, 6.07) is 0. The van der Waals surface area contributed by atoms with Gasteiger partial charge in [0.05, 0.1) is 5.92 Å². The van der Waals surface area contributed by atoms with E-state index in [1.54, 1.807) is 5.57 Å². The average Bonchev–Trinajstić information content (AvgIpc) is 3.38. The summed E-state index contributed by atoms with van der Waals surface area (Å²) in [7, 11) is -0.637. The number of carbonyl (C=O) groups excluding carboxylic acids is 2. The average molecular weight is 739 g/mol. The topological polar surface area (TPSA) is 104 Å². The lowest BCUT2D eigenvalue weighted by atomic mass is 9.35. The molecular formula is C44H70N2O5S. The SMILES string of the molecule is CC(C)C1=C2C3CCC4C(C)(CCC5C(C)(C)C(CC(=O)C6CC(C(=O)O)C6C)CCC54C)C3CCC2(CCNCCN2CCS(=O)CC2)CC1=O. The van der Waals surface area contributed by atoms with Gasteiger partial charge in [0.25, 0.3) is 0 Å². The molecule has 5 saturated carbocycles. The number of fused-ring (bicyclic) bond motifs is 7. The number of ketones is 2. The number of aliphatic carboxylic acids is 1. The molecule has 7 nitrogen and oxygen atoms in total. The Balaban J connectivity index is 1.05. The monoisotopic (exact) mass is 739 g/mol. The molecular weight excluding hydrogens is 669 g/mol. The van der Waals surface area contributed by atoms with Crippen molar-refractivity contribution >= 4 is 28.3 Å². The number of nitrogens with zero attached hydrogens (tertiary/aromatic N) is 1. The maximum atomic E-state index is 13.9. The zero-order chi connectivity index (χ0) is 37.4. The molecule has 0 aromatic heterocycles. The molecule has 0 aromatic rings. The van der Waals surface area contributed by atoms with Crippen molar-refractivity contribution in [2.45, 2.75) is 126 Å². The summed E-state index contributed by atoms with van der Waals surface area (Å²) >= 11 is 0. The summed E-state index contributed by atoms with van der Waals surface area (Å²) in [5.74, 6) is 4.18. The van der Waals surface area contributed by atoms with Gasteiger partial charge in [0, 0.05) is 72.7 Å². The van der Waals surface area contributed by atoms with E-state index >= 15 is 0 Å². The lowest BCUT2D eigenvalue weighted by Crippen LogP contribution is -2.62. The summed E-state index contributed by atoms with van der Waals surface area (Å²) in [6.45, 7) is 21.5. The fraction of sp³-hybridized carbons (Fsp3) is 0.886. The Kier molecular flexibility index (Phi) is 10.7. The summed E-state index contributed by atoms with van der Waals surface area (Å²) in [6.07, 6.45) is 12.5. The molecule has 0 spiro atoms. The van der Waals surface area contributed by atoms with Crippen molar-refractivity contribution < 1.29 is 23.7 Å². The number of carboxylic acids is 1. The van der Waals surface area contributed by atoms with E-state index < -0.39 is 16.8 Å². The molecule has 1 heterocycles. The molecule has 2 N–H and O–H groups in total. The Morgan fingerprint density at radius 3 is 2.31 bits per heavy atom. The van der Waals surface area contributed by atoms with Crippen LogP contribution in [-0.4, -0.2) is 76.0 Å².